The van der Waals surface area contributed by atoms with Crippen molar-refractivity contribution in [3.63, 3.8) is 0 Å². The van der Waals surface area contributed by atoms with Crippen LogP contribution in [0.5, 0.6) is 5.75 Å². The Morgan fingerprint density at radius 1 is 1.07 bits per heavy atom. The van der Waals surface area contributed by atoms with Gasteiger partial charge in [0.15, 0.2) is 5.75 Å². The zero-order valence-electron chi connectivity index (χ0n) is 18.9. The maximum Gasteiger partial charge on any atom is 0.224 e. The largest absolute Gasteiger partial charge is 0.489 e. The molecule has 30 heavy (non-hydrogen) atoms. The van der Waals surface area contributed by atoms with Crippen LogP contribution in [0.1, 0.15) is 69.1 Å². The molecule has 0 bridgehead atoms. The van der Waals surface area contributed by atoms with Gasteiger partial charge in [0.2, 0.25) is 5.43 Å². The van der Waals surface area contributed by atoms with E-state index in [9.17, 15) is 4.79 Å². The molecule has 1 fully saturated rings. The normalized spacial score (nSPS) is 15.5. The van der Waals surface area contributed by atoms with E-state index in [1.807, 2.05) is 12.1 Å². The van der Waals surface area contributed by atoms with E-state index in [1.54, 1.807) is 0 Å². The van der Waals surface area contributed by atoms with Gasteiger partial charge in [-0.2, -0.15) is 0 Å². The van der Waals surface area contributed by atoms with Gasteiger partial charge in [0.05, 0.1) is 6.61 Å². The molecule has 2 aromatic rings. The van der Waals surface area contributed by atoms with Crippen LogP contribution in [0.25, 0.3) is 0 Å². The molecular weight excluding hydrogens is 370 g/mol. The monoisotopic (exact) mass is 407 g/mol. The van der Waals surface area contributed by atoms with Crippen molar-refractivity contribution in [1.29, 1.82) is 0 Å². The third-order valence-electron chi connectivity index (χ3n) is 6.18. The molecule has 0 saturated carbocycles. The van der Waals surface area contributed by atoms with Crippen LogP contribution in [-0.2, 0) is 13.0 Å². The third-order valence-corrected chi connectivity index (χ3v) is 6.18. The number of piperidine rings is 1. The fourth-order valence-electron chi connectivity index (χ4n) is 4.15. The van der Waals surface area contributed by atoms with Crippen molar-refractivity contribution in [3.8, 4) is 5.75 Å². The molecule has 1 heterocycles. The van der Waals surface area contributed by atoms with Crippen LogP contribution in [-0.4, -0.2) is 24.6 Å². The summed E-state index contributed by atoms with van der Waals surface area (Å²) in [5, 5.41) is 0. The molecule has 0 atom stereocenters. The molecule has 2 aromatic carbocycles. The molecular formula is C27H37NO2. The van der Waals surface area contributed by atoms with Gasteiger partial charge in [0.25, 0.3) is 0 Å². The number of likely N-dealkylation sites (tertiary alicyclic amines) is 1. The van der Waals surface area contributed by atoms with Gasteiger partial charge in [-0.15, -0.1) is 0 Å². The minimum Gasteiger partial charge on any atom is -0.489 e. The molecule has 0 unspecified atom stereocenters. The van der Waals surface area contributed by atoms with Crippen LogP contribution in [0.3, 0.4) is 0 Å². The predicted molar refractivity (Wildman–Crippen MR) is 125 cm³/mol. The average molecular weight is 408 g/mol. The van der Waals surface area contributed by atoms with Gasteiger partial charge >= 0.3 is 0 Å². The van der Waals surface area contributed by atoms with Crippen LogP contribution in [0, 0.1) is 5.92 Å². The Balaban J connectivity index is 1.66. The summed E-state index contributed by atoms with van der Waals surface area (Å²) < 4.78 is 5.91. The van der Waals surface area contributed by atoms with Gasteiger partial charge in [0.1, 0.15) is 0 Å². The van der Waals surface area contributed by atoms with E-state index in [4.69, 9.17) is 4.74 Å². The first-order valence-electron chi connectivity index (χ1n) is 11.6. The lowest BCUT2D eigenvalue weighted by Gasteiger charge is -2.31. The fourth-order valence-corrected chi connectivity index (χ4v) is 4.15. The fraction of sp³-hybridized carbons (Fsp3) is 0.519. The number of nitrogens with zero attached hydrogens (tertiary/aromatic N) is 1. The highest BCUT2D eigenvalue weighted by molar-refractivity contribution is 5.33. The van der Waals surface area contributed by atoms with Crippen molar-refractivity contribution in [3.05, 3.63) is 75.4 Å². The average Bonchev–Trinajstić information content (AvgIpc) is 2.90. The van der Waals surface area contributed by atoms with Crippen molar-refractivity contribution < 1.29 is 4.74 Å². The van der Waals surface area contributed by atoms with Gasteiger partial charge in [0, 0.05) is 12.1 Å². The van der Waals surface area contributed by atoms with E-state index in [0.29, 0.717) is 24.8 Å². The van der Waals surface area contributed by atoms with Crippen LogP contribution < -0.4 is 10.2 Å². The summed E-state index contributed by atoms with van der Waals surface area (Å²) in [6.45, 7) is 9.89. The van der Waals surface area contributed by atoms with E-state index < -0.39 is 0 Å². The number of hydrogen-bond donors (Lipinski definition) is 0. The minimum absolute atomic E-state index is 0.0596. The van der Waals surface area contributed by atoms with E-state index in [0.717, 1.165) is 49.4 Å². The lowest BCUT2D eigenvalue weighted by molar-refractivity contribution is 0.176. The second-order valence-electron chi connectivity index (χ2n) is 8.96. The topological polar surface area (TPSA) is 29.5 Å². The zero-order valence-corrected chi connectivity index (χ0v) is 18.9. The Morgan fingerprint density at radius 2 is 1.80 bits per heavy atom. The summed E-state index contributed by atoms with van der Waals surface area (Å²) >= 11 is 0. The van der Waals surface area contributed by atoms with Gasteiger partial charge in [-0.25, -0.2) is 0 Å². The Kier molecular flexibility index (Phi) is 8.50. The van der Waals surface area contributed by atoms with Crippen molar-refractivity contribution >= 4 is 0 Å². The summed E-state index contributed by atoms with van der Waals surface area (Å²) in [7, 11) is 0. The maximum absolute atomic E-state index is 13.2. The predicted octanol–water partition coefficient (Wildman–Crippen LogP) is 5.80. The molecule has 3 rings (SSSR count). The van der Waals surface area contributed by atoms with E-state index in [-0.39, 0.29) is 5.43 Å². The SMILES string of the molecule is CCCCOc1cc(C(C)C)ccc(CN2CCC(Cc3ccccc3)CC2)c1=O. The van der Waals surface area contributed by atoms with E-state index in [1.165, 1.54) is 18.4 Å². The zero-order chi connectivity index (χ0) is 21.3. The second-order valence-corrected chi connectivity index (χ2v) is 8.96. The first-order chi connectivity index (χ1) is 14.6. The summed E-state index contributed by atoms with van der Waals surface area (Å²) in [5.41, 5.74) is 3.51. The summed E-state index contributed by atoms with van der Waals surface area (Å²) in [4.78, 5) is 15.6. The minimum atomic E-state index is 0.0596. The molecule has 162 valence electrons. The Bertz CT molecular complexity index is 839. The first-order valence-corrected chi connectivity index (χ1v) is 11.6. The molecule has 0 radical (unpaired) electrons. The quantitative estimate of drug-likeness (QED) is 0.492. The third kappa shape index (κ3) is 6.43. The molecule has 0 amide bonds. The Morgan fingerprint density at radius 3 is 2.47 bits per heavy atom. The Hall–Kier alpha value is -2.13. The van der Waals surface area contributed by atoms with Crippen molar-refractivity contribution in [2.45, 2.75) is 65.3 Å². The molecule has 3 heteroatoms. The summed E-state index contributed by atoms with van der Waals surface area (Å²) in [6, 6.07) is 16.9. The number of benzene rings is 1. The van der Waals surface area contributed by atoms with Gasteiger partial charge in [-0.1, -0.05) is 69.7 Å². The van der Waals surface area contributed by atoms with E-state index >= 15 is 0 Å². The smallest absolute Gasteiger partial charge is 0.224 e. The van der Waals surface area contributed by atoms with Crippen molar-refractivity contribution in [1.82, 2.24) is 4.90 Å². The van der Waals surface area contributed by atoms with Gasteiger partial charge < -0.3 is 4.74 Å². The highest BCUT2D eigenvalue weighted by atomic mass is 16.5. The number of rotatable bonds is 9. The van der Waals surface area contributed by atoms with Crippen molar-refractivity contribution in [2.24, 2.45) is 5.92 Å². The number of unbranched alkanes of at least 4 members (excludes halogenated alkanes) is 1. The molecule has 0 aliphatic carbocycles. The highest BCUT2D eigenvalue weighted by Gasteiger charge is 2.20. The molecule has 0 spiro atoms. The lowest BCUT2D eigenvalue weighted by atomic mass is 9.90. The van der Waals surface area contributed by atoms with Crippen LogP contribution in [0.2, 0.25) is 0 Å². The van der Waals surface area contributed by atoms with E-state index in [2.05, 4.69) is 62.1 Å². The van der Waals surface area contributed by atoms with Gasteiger partial charge in [-0.05, 0) is 67.8 Å². The first kappa shape index (κ1) is 22.6. The van der Waals surface area contributed by atoms with Crippen LogP contribution in [0.15, 0.2) is 53.3 Å². The molecule has 0 N–H and O–H groups in total. The molecule has 0 aromatic heterocycles. The lowest BCUT2D eigenvalue weighted by Crippen LogP contribution is -2.35. The van der Waals surface area contributed by atoms with Crippen LogP contribution in [0.4, 0.5) is 0 Å². The highest BCUT2D eigenvalue weighted by Crippen LogP contribution is 2.23. The number of ether oxygens (including phenoxy) is 1. The summed E-state index contributed by atoms with van der Waals surface area (Å²) in [6.07, 6.45) is 5.58. The molecule has 3 nitrogen and oxygen atoms in total. The van der Waals surface area contributed by atoms with Gasteiger partial charge in [-0.3, -0.25) is 9.69 Å². The number of hydrogen-bond acceptors (Lipinski definition) is 3. The molecule has 1 aliphatic heterocycles. The second kappa shape index (κ2) is 11.3. The summed E-state index contributed by atoms with van der Waals surface area (Å²) in [5.74, 6) is 1.63. The van der Waals surface area contributed by atoms with Crippen molar-refractivity contribution in [2.75, 3.05) is 19.7 Å². The molecule has 1 aliphatic rings. The molecule has 1 saturated heterocycles. The van der Waals surface area contributed by atoms with Crippen LogP contribution >= 0.6 is 0 Å². The Labute approximate surface area is 182 Å². The standard InChI is InChI=1S/C27H37NO2/c1-4-5-17-30-26-19-24(21(2)3)11-12-25(27(26)29)20-28-15-13-23(14-16-28)18-22-9-7-6-8-10-22/h6-12,19,21,23H,4-5,13-18,20H2,1-3H3. The maximum atomic E-state index is 13.2.